The summed E-state index contributed by atoms with van der Waals surface area (Å²) in [5.41, 5.74) is 4.59. The van der Waals surface area contributed by atoms with Gasteiger partial charge in [-0.25, -0.2) is 9.78 Å². The number of aromatic nitrogens is 2. The summed E-state index contributed by atoms with van der Waals surface area (Å²) in [6.07, 6.45) is 3.38. The molecule has 4 rings (SSSR count). The molecule has 2 N–H and O–H groups in total. The number of carboxylic acid groups (broad SMARTS) is 1. The fourth-order valence-electron chi connectivity index (χ4n) is 5.36. The monoisotopic (exact) mass is 433 g/mol. The lowest BCUT2D eigenvalue weighted by atomic mass is 9.70. The number of carbonyl (C=O) groups is 1. The molecule has 0 aliphatic heterocycles. The van der Waals surface area contributed by atoms with Crippen LogP contribution in [0.2, 0.25) is 0 Å². The van der Waals surface area contributed by atoms with Crippen molar-refractivity contribution in [1.82, 2.24) is 9.55 Å². The van der Waals surface area contributed by atoms with Gasteiger partial charge in [0, 0.05) is 11.7 Å². The van der Waals surface area contributed by atoms with E-state index in [4.69, 9.17) is 4.98 Å². The molecule has 3 aromatic rings. The number of hydrogen-bond acceptors (Lipinski definition) is 3. The Morgan fingerprint density at radius 1 is 1.12 bits per heavy atom. The lowest BCUT2D eigenvalue weighted by Gasteiger charge is -2.40. The zero-order valence-electron chi connectivity index (χ0n) is 20.1. The van der Waals surface area contributed by atoms with Crippen LogP contribution in [0.5, 0.6) is 0 Å². The lowest BCUT2D eigenvalue weighted by molar-refractivity contribution is 0.0697. The van der Waals surface area contributed by atoms with Gasteiger partial charge in [0.05, 0.1) is 16.6 Å². The largest absolute Gasteiger partial charge is 0.478 e. The highest BCUT2D eigenvalue weighted by atomic mass is 16.4. The predicted molar refractivity (Wildman–Crippen MR) is 131 cm³/mol. The summed E-state index contributed by atoms with van der Waals surface area (Å²) in [7, 11) is 0. The molecule has 1 aromatic heterocycles. The number of anilines is 2. The number of hydrogen-bond donors (Lipinski definition) is 2. The minimum Gasteiger partial charge on any atom is -0.478 e. The van der Waals surface area contributed by atoms with Crippen LogP contribution in [0, 0.1) is 11.3 Å². The van der Waals surface area contributed by atoms with Gasteiger partial charge in [-0.2, -0.15) is 0 Å². The Bertz CT molecular complexity index is 1140. The molecule has 1 aliphatic carbocycles. The molecule has 2 aromatic carbocycles. The standard InChI is InChI=1S/C27H35N3O2/c1-17-13-21(16-27(5,6)15-17)30-23-12-7-18(24(31)32)14-22(23)29-25(30)28-20-10-8-19(9-11-20)26(2,3)4/h7-12,14,17,21H,13,15-16H2,1-6H3,(H,28,29)(H,31,32)/t17-,21+/m1/s1. The van der Waals surface area contributed by atoms with Gasteiger partial charge in [-0.15, -0.1) is 0 Å². The number of aromatic carboxylic acids is 1. The molecule has 1 heterocycles. The summed E-state index contributed by atoms with van der Waals surface area (Å²) < 4.78 is 2.30. The van der Waals surface area contributed by atoms with Gasteiger partial charge in [0.2, 0.25) is 5.95 Å². The van der Waals surface area contributed by atoms with Crippen LogP contribution < -0.4 is 5.32 Å². The second-order valence-electron chi connectivity index (χ2n) is 11.3. The molecule has 0 spiro atoms. The Morgan fingerprint density at radius 3 is 2.41 bits per heavy atom. The second-order valence-corrected chi connectivity index (χ2v) is 11.3. The number of benzene rings is 2. The molecule has 1 saturated carbocycles. The van der Waals surface area contributed by atoms with E-state index in [0.29, 0.717) is 12.0 Å². The van der Waals surface area contributed by atoms with E-state index in [1.165, 1.54) is 12.0 Å². The topological polar surface area (TPSA) is 67.2 Å². The first-order valence-electron chi connectivity index (χ1n) is 11.6. The number of nitrogens with zero attached hydrogens (tertiary/aromatic N) is 2. The van der Waals surface area contributed by atoms with Crippen LogP contribution >= 0.6 is 0 Å². The third kappa shape index (κ3) is 4.52. The van der Waals surface area contributed by atoms with Gasteiger partial charge in [-0.3, -0.25) is 0 Å². The van der Waals surface area contributed by atoms with Crippen molar-refractivity contribution in [1.29, 1.82) is 0 Å². The van der Waals surface area contributed by atoms with Crippen LogP contribution in [0.4, 0.5) is 11.6 Å². The molecule has 0 unspecified atom stereocenters. The average Bonchev–Trinajstić information content (AvgIpc) is 3.03. The first-order chi connectivity index (χ1) is 14.9. The van der Waals surface area contributed by atoms with Crippen molar-refractivity contribution in [3.63, 3.8) is 0 Å². The van der Waals surface area contributed by atoms with E-state index in [2.05, 4.69) is 75.7 Å². The van der Waals surface area contributed by atoms with Crippen molar-refractivity contribution < 1.29 is 9.90 Å². The highest BCUT2D eigenvalue weighted by Gasteiger charge is 2.34. The maximum Gasteiger partial charge on any atom is 0.335 e. The molecule has 0 amide bonds. The van der Waals surface area contributed by atoms with E-state index >= 15 is 0 Å². The molecule has 5 heteroatoms. The quantitative estimate of drug-likeness (QED) is 0.458. The van der Waals surface area contributed by atoms with E-state index < -0.39 is 5.97 Å². The third-order valence-corrected chi connectivity index (χ3v) is 6.67. The molecule has 0 saturated heterocycles. The number of nitrogens with one attached hydrogen (secondary N) is 1. The van der Waals surface area contributed by atoms with Gasteiger partial charge < -0.3 is 15.0 Å². The van der Waals surface area contributed by atoms with E-state index in [9.17, 15) is 9.90 Å². The Hall–Kier alpha value is -2.82. The van der Waals surface area contributed by atoms with Crippen molar-refractivity contribution in [2.75, 3.05) is 5.32 Å². The van der Waals surface area contributed by atoms with Crippen LogP contribution in [0.3, 0.4) is 0 Å². The van der Waals surface area contributed by atoms with E-state index in [1.54, 1.807) is 12.1 Å². The summed E-state index contributed by atoms with van der Waals surface area (Å²) in [5.74, 6) is 0.473. The minimum atomic E-state index is -0.929. The Morgan fingerprint density at radius 2 is 1.81 bits per heavy atom. The van der Waals surface area contributed by atoms with Crippen molar-refractivity contribution in [2.24, 2.45) is 11.3 Å². The van der Waals surface area contributed by atoms with Gasteiger partial charge in [0.1, 0.15) is 0 Å². The first kappa shape index (κ1) is 22.4. The number of carboxylic acids is 1. The zero-order chi connectivity index (χ0) is 23.3. The summed E-state index contributed by atoms with van der Waals surface area (Å²) in [6, 6.07) is 14.1. The molecule has 170 valence electrons. The van der Waals surface area contributed by atoms with Crippen molar-refractivity contribution in [3.8, 4) is 0 Å². The van der Waals surface area contributed by atoms with Crippen LogP contribution in [0.1, 0.15) is 82.8 Å². The van der Waals surface area contributed by atoms with Crippen molar-refractivity contribution in [3.05, 3.63) is 53.6 Å². The lowest BCUT2D eigenvalue weighted by Crippen LogP contribution is -2.29. The first-order valence-corrected chi connectivity index (χ1v) is 11.6. The minimum absolute atomic E-state index is 0.0999. The van der Waals surface area contributed by atoms with Gasteiger partial charge in [-0.05, 0) is 71.9 Å². The third-order valence-electron chi connectivity index (χ3n) is 6.67. The zero-order valence-corrected chi connectivity index (χ0v) is 20.1. The number of imidazole rings is 1. The Balaban J connectivity index is 1.78. The summed E-state index contributed by atoms with van der Waals surface area (Å²) in [5, 5.41) is 13.0. The summed E-state index contributed by atoms with van der Waals surface area (Å²) >= 11 is 0. The van der Waals surface area contributed by atoms with Crippen LogP contribution in [0.15, 0.2) is 42.5 Å². The molecule has 2 atom stereocenters. The second kappa shape index (κ2) is 7.95. The van der Waals surface area contributed by atoms with Crippen molar-refractivity contribution >= 4 is 28.6 Å². The van der Waals surface area contributed by atoms with E-state index in [0.717, 1.165) is 35.5 Å². The fraction of sp³-hybridized carbons (Fsp3) is 0.481. The van der Waals surface area contributed by atoms with E-state index in [-0.39, 0.29) is 16.4 Å². The smallest absolute Gasteiger partial charge is 0.335 e. The van der Waals surface area contributed by atoms with Crippen LogP contribution in [0.25, 0.3) is 11.0 Å². The van der Waals surface area contributed by atoms with Gasteiger partial charge in [0.25, 0.3) is 0 Å². The molecule has 1 aliphatic rings. The molecule has 5 nitrogen and oxygen atoms in total. The Kier molecular flexibility index (Phi) is 5.56. The summed E-state index contributed by atoms with van der Waals surface area (Å²) in [6.45, 7) is 13.6. The van der Waals surface area contributed by atoms with Crippen LogP contribution in [-0.4, -0.2) is 20.6 Å². The van der Waals surface area contributed by atoms with Gasteiger partial charge in [0.15, 0.2) is 0 Å². The maximum atomic E-state index is 11.5. The average molecular weight is 434 g/mol. The molecule has 32 heavy (non-hydrogen) atoms. The van der Waals surface area contributed by atoms with Gasteiger partial charge in [-0.1, -0.05) is 53.7 Å². The number of rotatable bonds is 4. The Labute approximate surface area is 190 Å². The highest BCUT2D eigenvalue weighted by molar-refractivity contribution is 5.93. The van der Waals surface area contributed by atoms with Crippen molar-refractivity contribution in [2.45, 2.75) is 72.3 Å². The molecule has 1 fully saturated rings. The SMILES string of the molecule is C[C@@H]1C[C@H](n2c(Nc3ccc(C(C)(C)C)cc3)nc3cc(C(=O)O)ccc32)CC(C)(C)C1. The van der Waals surface area contributed by atoms with E-state index in [1.807, 2.05) is 6.07 Å². The molecule has 0 radical (unpaired) electrons. The van der Waals surface area contributed by atoms with Crippen LogP contribution in [-0.2, 0) is 5.41 Å². The van der Waals surface area contributed by atoms with Gasteiger partial charge >= 0.3 is 5.97 Å². The fourth-order valence-corrected chi connectivity index (χ4v) is 5.36. The maximum absolute atomic E-state index is 11.5. The predicted octanol–water partition coefficient (Wildman–Crippen LogP) is 7.16. The summed E-state index contributed by atoms with van der Waals surface area (Å²) in [4.78, 5) is 16.4. The molecule has 0 bridgehead atoms. The highest BCUT2D eigenvalue weighted by Crippen LogP contribution is 2.46. The molecular formula is C27H35N3O2. The molecular weight excluding hydrogens is 398 g/mol. The normalized spacial score (nSPS) is 20.9. The number of fused-ring (bicyclic) bond motifs is 1.